The predicted octanol–water partition coefficient (Wildman–Crippen LogP) is 2.51. The monoisotopic (exact) mass is 259 g/mol. The van der Waals surface area contributed by atoms with Crippen molar-refractivity contribution in [3.63, 3.8) is 0 Å². The van der Waals surface area contributed by atoms with E-state index in [1.807, 2.05) is 38.2 Å². The third kappa shape index (κ3) is 2.59. The fourth-order valence-corrected chi connectivity index (χ4v) is 1.87. The van der Waals surface area contributed by atoms with Gasteiger partial charge in [0.05, 0.1) is 19.9 Å². The number of ether oxygens (including phenoxy) is 2. The highest BCUT2D eigenvalue weighted by atomic mass is 16.5. The number of methoxy groups -OCH3 is 2. The molecule has 0 spiro atoms. The van der Waals surface area contributed by atoms with E-state index in [4.69, 9.17) is 9.47 Å². The van der Waals surface area contributed by atoms with Gasteiger partial charge in [-0.25, -0.2) is 0 Å². The van der Waals surface area contributed by atoms with Gasteiger partial charge in [0.15, 0.2) is 11.5 Å². The summed E-state index contributed by atoms with van der Waals surface area (Å²) in [5.41, 5.74) is 2.84. The molecule has 5 heteroatoms. The summed E-state index contributed by atoms with van der Waals surface area (Å²) >= 11 is 0. The van der Waals surface area contributed by atoms with E-state index < -0.39 is 0 Å². The first-order valence-corrected chi connectivity index (χ1v) is 5.94. The Morgan fingerprint density at radius 1 is 1.00 bits per heavy atom. The normalized spacial score (nSPS) is 10.1. The van der Waals surface area contributed by atoms with Crippen LogP contribution in [0.25, 0.3) is 11.3 Å². The van der Waals surface area contributed by atoms with Crippen LogP contribution in [-0.4, -0.2) is 31.5 Å². The molecular formula is C14H17N3O2. The molecule has 100 valence electrons. The molecule has 0 unspecified atom stereocenters. The zero-order chi connectivity index (χ0) is 13.8. The largest absolute Gasteiger partial charge is 0.493 e. The lowest BCUT2D eigenvalue weighted by molar-refractivity contribution is 0.355. The Hall–Kier alpha value is -2.30. The lowest BCUT2D eigenvalue weighted by Crippen LogP contribution is -1.97. The minimum Gasteiger partial charge on any atom is -0.493 e. The summed E-state index contributed by atoms with van der Waals surface area (Å²) in [4.78, 5) is 0. The van der Waals surface area contributed by atoms with E-state index in [9.17, 15) is 0 Å². The van der Waals surface area contributed by atoms with Crippen LogP contribution in [0, 0.1) is 6.92 Å². The maximum Gasteiger partial charge on any atom is 0.161 e. The molecule has 0 saturated heterocycles. The quantitative estimate of drug-likeness (QED) is 0.914. The molecule has 19 heavy (non-hydrogen) atoms. The molecule has 0 fully saturated rings. The van der Waals surface area contributed by atoms with E-state index in [0.29, 0.717) is 11.5 Å². The summed E-state index contributed by atoms with van der Waals surface area (Å²) in [7, 11) is 5.05. The first-order chi connectivity index (χ1) is 9.19. The van der Waals surface area contributed by atoms with Crippen molar-refractivity contribution in [2.75, 3.05) is 26.6 Å². The minimum absolute atomic E-state index is 0.683. The Kier molecular flexibility index (Phi) is 3.85. The number of nitrogens with one attached hydrogen (secondary N) is 1. The molecule has 1 aromatic heterocycles. The van der Waals surface area contributed by atoms with Crippen LogP contribution in [-0.2, 0) is 0 Å². The lowest BCUT2D eigenvalue weighted by Gasteiger charge is -2.12. The van der Waals surface area contributed by atoms with Crippen molar-refractivity contribution in [3.05, 3.63) is 29.8 Å². The van der Waals surface area contributed by atoms with Crippen LogP contribution in [0.5, 0.6) is 11.5 Å². The molecule has 1 heterocycles. The molecule has 0 aliphatic rings. The molecule has 5 nitrogen and oxygen atoms in total. The Labute approximate surface area is 112 Å². The Balaban J connectivity index is 2.48. The SMILES string of the molecule is CNc1ccc(-c2cc(OC)c(OC)cc2C)nn1. The fourth-order valence-electron chi connectivity index (χ4n) is 1.87. The van der Waals surface area contributed by atoms with E-state index >= 15 is 0 Å². The first kappa shape index (κ1) is 13.1. The van der Waals surface area contributed by atoms with Gasteiger partial charge in [0.2, 0.25) is 0 Å². The Morgan fingerprint density at radius 3 is 2.21 bits per heavy atom. The van der Waals surface area contributed by atoms with Crippen LogP contribution in [0.1, 0.15) is 5.56 Å². The Bertz CT molecular complexity index is 568. The van der Waals surface area contributed by atoms with Crippen molar-refractivity contribution in [2.24, 2.45) is 0 Å². The van der Waals surface area contributed by atoms with Crippen molar-refractivity contribution in [3.8, 4) is 22.8 Å². The van der Waals surface area contributed by atoms with Crippen LogP contribution in [0.15, 0.2) is 24.3 Å². The topological polar surface area (TPSA) is 56.3 Å². The van der Waals surface area contributed by atoms with Gasteiger partial charge >= 0.3 is 0 Å². The average Bonchev–Trinajstić information content (AvgIpc) is 2.47. The molecule has 0 amide bonds. The summed E-state index contributed by atoms with van der Waals surface area (Å²) in [6, 6.07) is 7.66. The number of aryl methyl sites for hydroxylation is 1. The number of hydrogen-bond donors (Lipinski definition) is 1. The predicted molar refractivity (Wildman–Crippen MR) is 74.9 cm³/mol. The molecule has 0 saturated carbocycles. The van der Waals surface area contributed by atoms with Crippen molar-refractivity contribution in [1.29, 1.82) is 0 Å². The van der Waals surface area contributed by atoms with Gasteiger partial charge in [-0.3, -0.25) is 0 Å². The second kappa shape index (κ2) is 5.56. The van der Waals surface area contributed by atoms with Gasteiger partial charge in [-0.05, 0) is 36.8 Å². The number of rotatable bonds is 4. The van der Waals surface area contributed by atoms with Crippen LogP contribution in [0.2, 0.25) is 0 Å². The zero-order valence-electron chi connectivity index (χ0n) is 11.5. The summed E-state index contributed by atoms with van der Waals surface area (Å²) in [6.45, 7) is 2.00. The molecular weight excluding hydrogens is 242 g/mol. The van der Waals surface area contributed by atoms with Crippen LogP contribution < -0.4 is 14.8 Å². The van der Waals surface area contributed by atoms with E-state index in [1.165, 1.54) is 0 Å². The third-order valence-electron chi connectivity index (χ3n) is 2.93. The van der Waals surface area contributed by atoms with Crippen LogP contribution in [0.4, 0.5) is 5.82 Å². The standard InChI is InChI=1S/C14H17N3O2/c1-9-7-12(18-3)13(19-4)8-10(9)11-5-6-14(15-2)17-16-11/h5-8H,1-4H3,(H,15,17). The molecule has 0 bridgehead atoms. The summed E-state index contributed by atoms with van der Waals surface area (Å²) < 4.78 is 10.6. The van der Waals surface area contributed by atoms with Gasteiger partial charge in [-0.1, -0.05) is 0 Å². The second-order valence-corrected chi connectivity index (χ2v) is 4.08. The molecule has 0 aliphatic carbocycles. The minimum atomic E-state index is 0.683. The smallest absolute Gasteiger partial charge is 0.161 e. The van der Waals surface area contributed by atoms with Crippen LogP contribution in [0.3, 0.4) is 0 Å². The van der Waals surface area contributed by atoms with E-state index in [0.717, 1.165) is 22.6 Å². The molecule has 1 N–H and O–H groups in total. The van der Waals surface area contributed by atoms with E-state index in [1.54, 1.807) is 14.2 Å². The number of benzene rings is 1. The number of anilines is 1. The molecule has 2 aromatic rings. The van der Waals surface area contributed by atoms with Gasteiger partial charge in [0, 0.05) is 12.6 Å². The molecule has 0 radical (unpaired) electrons. The fraction of sp³-hybridized carbons (Fsp3) is 0.286. The maximum absolute atomic E-state index is 5.31. The van der Waals surface area contributed by atoms with E-state index in [-0.39, 0.29) is 0 Å². The summed E-state index contributed by atoms with van der Waals surface area (Å²) in [6.07, 6.45) is 0. The van der Waals surface area contributed by atoms with Crippen molar-refractivity contribution in [1.82, 2.24) is 10.2 Å². The van der Waals surface area contributed by atoms with Crippen LogP contribution >= 0.6 is 0 Å². The molecule has 2 rings (SSSR count). The number of aromatic nitrogens is 2. The number of nitrogens with zero attached hydrogens (tertiary/aromatic N) is 2. The summed E-state index contributed by atoms with van der Waals surface area (Å²) in [5, 5.41) is 11.2. The lowest BCUT2D eigenvalue weighted by atomic mass is 10.0. The first-order valence-electron chi connectivity index (χ1n) is 5.94. The summed E-state index contributed by atoms with van der Waals surface area (Å²) in [5.74, 6) is 2.13. The van der Waals surface area contributed by atoms with Gasteiger partial charge < -0.3 is 14.8 Å². The second-order valence-electron chi connectivity index (χ2n) is 4.08. The highest BCUT2D eigenvalue weighted by Crippen LogP contribution is 2.34. The third-order valence-corrected chi connectivity index (χ3v) is 2.93. The van der Waals surface area contributed by atoms with Crippen molar-refractivity contribution < 1.29 is 9.47 Å². The van der Waals surface area contributed by atoms with Gasteiger partial charge in [0.1, 0.15) is 5.82 Å². The Morgan fingerprint density at radius 2 is 1.68 bits per heavy atom. The molecule has 1 aromatic carbocycles. The molecule has 0 aliphatic heterocycles. The van der Waals surface area contributed by atoms with Crippen molar-refractivity contribution in [2.45, 2.75) is 6.92 Å². The van der Waals surface area contributed by atoms with Crippen molar-refractivity contribution >= 4 is 5.82 Å². The van der Waals surface area contributed by atoms with Gasteiger partial charge in [-0.2, -0.15) is 0 Å². The maximum atomic E-state index is 5.31. The zero-order valence-corrected chi connectivity index (χ0v) is 11.5. The average molecular weight is 259 g/mol. The highest BCUT2D eigenvalue weighted by molar-refractivity contribution is 5.68. The molecule has 0 atom stereocenters. The van der Waals surface area contributed by atoms with Gasteiger partial charge in [0.25, 0.3) is 0 Å². The number of hydrogen-bond acceptors (Lipinski definition) is 5. The highest BCUT2D eigenvalue weighted by Gasteiger charge is 2.11. The van der Waals surface area contributed by atoms with E-state index in [2.05, 4.69) is 15.5 Å². The van der Waals surface area contributed by atoms with Gasteiger partial charge in [-0.15, -0.1) is 10.2 Å².